The Morgan fingerprint density at radius 2 is 1.92 bits per heavy atom. The van der Waals surface area contributed by atoms with E-state index < -0.39 is 0 Å². The maximum Gasteiger partial charge on any atom is 0.270 e. The molecule has 0 aromatic carbocycles. The van der Waals surface area contributed by atoms with Crippen LogP contribution < -0.4 is 10.6 Å². The molecule has 3 N–H and O–H groups in total. The number of rotatable bonds is 7. The van der Waals surface area contributed by atoms with E-state index in [1.165, 1.54) is 0 Å². The SMILES string of the molecule is Cc1cc(Nc2c[nH]c(C#N)n2)nc(-c2ccc(C(=O)NCc3ccc(-c4cccnc4)nc3)nc2)n1. The fourth-order valence-electron chi connectivity index (χ4n) is 3.48. The summed E-state index contributed by atoms with van der Waals surface area (Å²) in [5.41, 5.74) is 4.26. The van der Waals surface area contributed by atoms with Gasteiger partial charge in [0.15, 0.2) is 11.6 Å². The van der Waals surface area contributed by atoms with E-state index in [0.29, 0.717) is 29.6 Å². The highest BCUT2D eigenvalue weighted by Gasteiger charge is 2.11. The van der Waals surface area contributed by atoms with E-state index in [1.54, 1.807) is 49.2 Å². The largest absolute Gasteiger partial charge is 0.347 e. The first-order chi connectivity index (χ1) is 18.1. The molecule has 0 unspecified atom stereocenters. The number of carbonyl (C=O) groups is 1. The topological polar surface area (TPSA) is 158 Å². The lowest BCUT2D eigenvalue weighted by Gasteiger charge is -2.08. The zero-order valence-corrected chi connectivity index (χ0v) is 19.7. The number of nitrogens with zero attached hydrogens (tertiary/aromatic N) is 7. The molecule has 0 radical (unpaired) electrons. The van der Waals surface area contributed by atoms with Crippen molar-refractivity contribution in [3.63, 3.8) is 0 Å². The van der Waals surface area contributed by atoms with Gasteiger partial charge < -0.3 is 15.6 Å². The monoisotopic (exact) mass is 488 g/mol. The zero-order chi connectivity index (χ0) is 25.6. The normalized spacial score (nSPS) is 10.5. The van der Waals surface area contributed by atoms with E-state index in [9.17, 15) is 4.79 Å². The third-order valence-corrected chi connectivity index (χ3v) is 5.28. The molecule has 0 spiro atoms. The molecule has 180 valence electrons. The summed E-state index contributed by atoms with van der Waals surface area (Å²) in [6.45, 7) is 2.16. The minimum Gasteiger partial charge on any atom is -0.347 e. The van der Waals surface area contributed by atoms with Crippen LogP contribution in [-0.4, -0.2) is 40.8 Å². The molecular weight excluding hydrogens is 468 g/mol. The number of nitriles is 1. The molecule has 0 aliphatic heterocycles. The molecule has 11 heteroatoms. The van der Waals surface area contributed by atoms with Crippen LogP contribution in [0.5, 0.6) is 0 Å². The summed E-state index contributed by atoms with van der Waals surface area (Å²) in [4.78, 5) is 41.3. The number of pyridine rings is 3. The number of anilines is 2. The third kappa shape index (κ3) is 5.60. The van der Waals surface area contributed by atoms with Crippen molar-refractivity contribution in [2.75, 3.05) is 5.32 Å². The molecule has 1 amide bonds. The van der Waals surface area contributed by atoms with Crippen LogP contribution in [0, 0.1) is 18.3 Å². The van der Waals surface area contributed by atoms with Crippen LogP contribution in [0.2, 0.25) is 0 Å². The van der Waals surface area contributed by atoms with Crippen molar-refractivity contribution >= 4 is 17.5 Å². The van der Waals surface area contributed by atoms with Gasteiger partial charge in [-0.05, 0) is 42.8 Å². The van der Waals surface area contributed by atoms with Gasteiger partial charge in [0, 0.05) is 60.4 Å². The molecule has 37 heavy (non-hydrogen) atoms. The first kappa shape index (κ1) is 23.3. The van der Waals surface area contributed by atoms with E-state index >= 15 is 0 Å². The molecule has 5 heterocycles. The van der Waals surface area contributed by atoms with Crippen molar-refractivity contribution in [3.8, 4) is 28.7 Å². The summed E-state index contributed by atoms with van der Waals surface area (Å²) in [5.74, 6) is 1.32. The Bertz CT molecular complexity index is 1570. The predicted molar refractivity (Wildman–Crippen MR) is 135 cm³/mol. The minimum atomic E-state index is -0.303. The third-order valence-electron chi connectivity index (χ3n) is 5.28. The van der Waals surface area contributed by atoms with Crippen LogP contribution in [0.3, 0.4) is 0 Å². The van der Waals surface area contributed by atoms with Gasteiger partial charge in [0.25, 0.3) is 5.91 Å². The maximum absolute atomic E-state index is 12.6. The van der Waals surface area contributed by atoms with Gasteiger partial charge in [-0.25, -0.2) is 15.0 Å². The van der Waals surface area contributed by atoms with E-state index in [0.717, 1.165) is 22.5 Å². The van der Waals surface area contributed by atoms with Gasteiger partial charge >= 0.3 is 0 Å². The van der Waals surface area contributed by atoms with Gasteiger partial charge in [0.1, 0.15) is 17.6 Å². The summed E-state index contributed by atoms with van der Waals surface area (Å²) in [6, 6.07) is 14.7. The van der Waals surface area contributed by atoms with Gasteiger partial charge in [0.05, 0.1) is 5.69 Å². The zero-order valence-electron chi connectivity index (χ0n) is 19.7. The Kier molecular flexibility index (Phi) is 6.54. The van der Waals surface area contributed by atoms with Crippen LogP contribution in [0.4, 0.5) is 11.6 Å². The number of imidazole rings is 1. The second-order valence-corrected chi connectivity index (χ2v) is 8.00. The summed E-state index contributed by atoms with van der Waals surface area (Å²) < 4.78 is 0. The van der Waals surface area contributed by atoms with Crippen molar-refractivity contribution in [1.82, 2.24) is 40.2 Å². The van der Waals surface area contributed by atoms with Gasteiger partial charge in [-0.2, -0.15) is 5.26 Å². The van der Waals surface area contributed by atoms with Crippen LogP contribution in [-0.2, 0) is 6.54 Å². The smallest absolute Gasteiger partial charge is 0.270 e. The number of hydrogen-bond acceptors (Lipinski definition) is 9. The van der Waals surface area contributed by atoms with Crippen LogP contribution in [0.1, 0.15) is 27.6 Å². The van der Waals surface area contributed by atoms with E-state index in [1.807, 2.05) is 37.3 Å². The Morgan fingerprint density at radius 1 is 1.00 bits per heavy atom. The number of aryl methyl sites for hydroxylation is 1. The summed E-state index contributed by atoms with van der Waals surface area (Å²) in [5, 5.41) is 14.8. The second kappa shape index (κ2) is 10.4. The van der Waals surface area contributed by atoms with E-state index in [2.05, 4.69) is 45.5 Å². The number of hydrogen-bond donors (Lipinski definition) is 3. The summed E-state index contributed by atoms with van der Waals surface area (Å²) in [7, 11) is 0. The Hall–Kier alpha value is -5.50. The van der Waals surface area contributed by atoms with Crippen LogP contribution in [0.25, 0.3) is 22.6 Å². The average Bonchev–Trinajstić information content (AvgIpc) is 3.40. The fourth-order valence-corrected chi connectivity index (χ4v) is 3.48. The highest BCUT2D eigenvalue weighted by atomic mass is 16.1. The van der Waals surface area contributed by atoms with Crippen molar-refractivity contribution in [2.45, 2.75) is 13.5 Å². The number of aromatic amines is 1. The van der Waals surface area contributed by atoms with Crippen molar-refractivity contribution in [1.29, 1.82) is 5.26 Å². The molecule has 0 aliphatic rings. The lowest BCUT2D eigenvalue weighted by atomic mass is 10.1. The van der Waals surface area contributed by atoms with Gasteiger partial charge in [-0.1, -0.05) is 6.07 Å². The molecule has 5 rings (SSSR count). The van der Waals surface area contributed by atoms with Gasteiger partial charge in [-0.15, -0.1) is 0 Å². The Morgan fingerprint density at radius 3 is 2.62 bits per heavy atom. The van der Waals surface area contributed by atoms with Crippen LogP contribution in [0.15, 0.2) is 73.4 Å². The molecule has 11 nitrogen and oxygen atoms in total. The Labute approximate surface area is 211 Å². The summed E-state index contributed by atoms with van der Waals surface area (Å²) >= 11 is 0. The van der Waals surface area contributed by atoms with Crippen LogP contribution >= 0.6 is 0 Å². The van der Waals surface area contributed by atoms with Crippen molar-refractivity contribution < 1.29 is 4.79 Å². The standard InChI is InChI=1S/C26H20N10O/c1-16-9-22(34-24-15-31-23(10-27)35-24)36-25(33-16)19-5-7-21(30-14-19)26(37)32-12-17-4-6-20(29-11-17)18-3-2-8-28-13-18/h2-9,11,13-15H,12H2,1H3,(H,31,35)(H,32,37)(H,33,34,36). The quantitative estimate of drug-likeness (QED) is 0.311. The molecule has 0 saturated heterocycles. The number of nitrogens with one attached hydrogen (secondary N) is 3. The first-order valence-corrected chi connectivity index (χ1v) is 11.3. The molecular formula is C26H20N10O. The number of aromatic nitrogens is 7. The lowest BCUT2D eigenvalue weighted by Crippen LogP contribution is -2.23. The second-order valence-electron chi connectivity index (χ2n) is 8.00. The average molecular weight is 489 g/mol. The molecule has 5 aromatic heterocycles. The van der Waals surface area contributed by atoms with Crippen molar-refractivity contribution in [2.24, 2.45) is 0 Å². The molecule has 0 bridgehead atoms. The molecule has 5 aromatic rings. The Balaban J connectivity index is 1.23. The molecule has 0 fully saturated rings. The highest BCUT2D eigenvalue weighted by molar-refractivity contribution is 5.92. The maximum atomic E-state index is 12.6. The lowest BCUT2D eigenvalue weighted by molar-refractivity contribution is 0.0946. The molecule has 0 atom stereocenters. The first-order valence-electron chi connectivity index (χ1n) is 11.3. The predicted octanol–water partition coefficient (Wildman–Crippen LogP) is 3.57. The summed E-state index contributed by atoms with van der Waals surface area (Å²) in [6.07, 6.45) is 8.33. The number of H-pyrrole nitrogens is 1. The molecule has 0 saturated carbocycles. The van der Waals surface area contributed by atoms with Gasteiger partial charge in [-0.3, -0.25) is 19.7 Å². The number of amides is 1. The van der Waals surface area contributed by atoms with Crippen molar-refractivity contribution in [3.05, 3.63) is 96.2 Å². The number of carbonyl (C=O) groups excluding carboxylic acids is 1. The highest BCUT2D eigenvalue weighted by Crippen LogP contribution is 2.20. The fraction of sp³-hybridized carbons (Fsp3) is 0.0769. The minimum absolute atomic E-state index is 0.199. The molecule has 0 aliphatic carbocycles. The van der Waals surface area contributed by atoms with E-state index in [-0.39, 0.29) is 17.4 Å². The van der Waals surface area contributed by atoms with Gasteiger partial charge in [0.2, 0.25) is 5.82 Å². The van der Waals surface area contributed by atoms with E-state index in [4.69, 9.17) is 5.26 Å².